The van der Waals surface area contributed by atoms with E-state index >= 15 is 0 Å². The second kappa shape index (κ2) is 8.90. The summed E-state index contributed by atoms with van der Waals surface area (Å²) in [6.07, 6.45) is 1.20. The number of rotatable bonds is 6. The predicted molar refractivity (Wildman–Crippen MR) is 121 cm³/mol. The number of nitrogens with one attached hydrogen (secondary N) is 1. The maximum atomic E-state index is 12.3. The Labute approximate surface area is 179 Å². The van der Waals surface area contributed by atoms with Crippen LogP contribution in [-0.4, -0.2) is 25.0 Å². The molecular weight excluding hydrogens is 376 g/mol. The van der Waals surface area contributed by atoms with Gasteiger partial charge in [-0.25, -0.2) is 0 Å². The van der Waals surface area contributed by atoms with Gasteiger partial charge in [0, 0.05) is 24.3 Å². The molecular formula is C25H32N2O3. The smallest absolute Gasteiger partial charge is 0.262 e. The highest BCUT2D eigenvalue weighted by Gasteiger charge is 2.25. The van der Waals surface area contributed by atoms with Gasteiger partial charge in [-0.05, 0) is 59.2 Å². The van der Waals surface area contributed by atoms with Gasteiger partial charge in [0.25, 0.3) is 5.91 Å². The van der Waals surface area contributed by atoms with Crippen molar-refractivity contribution in [1.82, 2.24) is 0 Å². The number of aryl methyl sites for hydroxylation is 1. The third-order valence-electron chi connectivity index (χ3n) is 5.20. The molecule has 1 aliphatic rings. The van der Waals surface area contributed by atoms with Gasteiger partial charge in [-0.15, -0.1) is 0 Å². The van der Waals surface area contributed by atoms with Gasteiger partial charge in [-0.2, -0.15) is 0 Å². The fourth-order valence-corrected chi connectivity index (χ4v) is 3.60. The van der Waals surface area contributed by atoms with Crippen molar-refractivity contribution in [3.63, 3.8) is 0 Å². The lowest BCUT2D eigenvalue weighted by molar-refractivity contribution is -0.119. The highest BCUT2D eigenvalue weighted by atomic mass is 16.5. The van der Waals surface area contributed by atoms with Crippen LogP contribution in [0.4, 0.5) is 11.4 Å². The summed E-state index contributed by atoms with van der Waals surface area (Å²) >= 11 is 0. The lowest BCUT2D eigenvalue weighted by Crippen LogP contribution is -2.37. The molecule has 0 fully saturated rings. The quantitative estimate of drug-likeness (QED) is 0.737. The molecule has 3 rings (SSSR count). The summed E-state index contributed by atoms with van der Waals surface area (Å²) in [6, 6.07) is 13.6. The van der Waals surface area contributed by atoms with E-state index in [4.69, 9.17) is 4.74 Å². The summed E-state index contributed by atoms with van der Waals surface area (Å²) in [4.78, 5) is 26.5. The number of benzene rings is 2. The molecule has 0 bridgehead atoms. The molecule has 0 saturated heterocycles. The van der Waals surface area contributed by atoms with Gasteiger partial charge in [-0.1, -0.05) is 46.8 Å². The van der Waals surface area contributed by atoms with Crippen LogP contribution in [0, 0.1) is 5.92 Å². The number of amides is 2. The van der Waals surface area contributed by atoms with Crippen LogP contribution in [0.2, 0.25) is 0 Å². The van der Waals surface area contributed by atoms with E-state index in [0.29, 0.717) is 31.1 Å². The van der Waals surface area contributed by atoms with E-state index in [-0.39, 0.29) is 23.8 Å². The fraction of sp³-hybridized carbons (Fsp3) is 0.440. The molecule has 0 unspecified atom stereocenters. The predicted octanol–water partition coefficient (Wildman–Crippen LogP) is 4.94. The topological polar surface area (TPSA) is 58.6 Å². The molecule has 1 aliphatic heterocycles. The summed E-state index contributed by atoms with van der Waals surface area (Å²) in [6.45, 7) is 11.3. The van der Waals surface area contributed by atoms with Crippen molar-refractivity contribution >= 4 is 23.2 Å². The zero-order valence-electron chi connectivity index (χ0n) is 18.6. The first-order chi connectivity index (χ1) is 14.1. The van der Waals surface area contributed by atoms with Gasteiger partial charge in [0.15, 0.2) is 6.61 Å². The second-order valence-electron chi connectivity index (χ2n) is 9.35. The molecule has 0 saturated carbocycles. The minimum Gasteiger partial charge on any atom is -0.484 e. The van der Waals surface area contributed by atoms with Gasteiger partial charge in [-0.3, -0.25) is 9.59 Å². The minimum atomic E-state index is -0.208. The largest absolute Gasteiger partial charge is 0.484 e. The van der Waals surface area contributed by atoms with Crippen molar-refractivity contribution in [3.05, 3.63) is 53.6 Å². The molecule has 2 aromatic rings. The van der Waals surface area contributed by atoms with E-state index in [0.717, 1.165) is 16.9 Å². The maximum absolute atomic E-state index is 12.3. The van der Waals surface area contributed by atoms with Crippen LogP contribution in [0.1, 0.15) is 52.2 Å². The van der Waals surface area contributed by atoms with Gasteiger partial charge in [0.05, 0.1) is 0 Å². The molecule has 1 heterocycles. The zero-order chi connectivity index (χ0) is 21.9. The Morgan fingerprint density at radius 3 is 2.43 bits per heavy atom. The number of ether oxygens (including phenoxy) is 1. The highest BCUT2D eigenvalue weighted by molar-refractivity contribution is 5.97. The lowest BCUT2D eigenvalue weighted by atomic mass is 9.87. The second-order valence-corrected chi connectivity index (χ2v) is 9.35. The molecule has 5 nitrogen and oxygen atoms in total. The third kappa shape index (κ3) is 5.41. The number of fused-ring (bicyclic) bond motifs is 1. The number of hydrogen-bond donors (Lipinski definition) is 1. The van der Waals surface area contributed by atoms with Crippen molar-refractivity contribution in [1.29, 1.82) is 0 Å². The van der Waals surface area contributed by atoms with Crippen molar-refractivity contribution in [2.24, 2.45) is 5.92 Å². The van der Waals surface area contributed by atoms with E-state index in [1.54, 1.807) is 0 Å². The number of carbonyl (C=O) groups is 2. The normalized spacial score (nSPS) is 13.9. The van der Waals surface area contributed by atoms with Crippen molar-refractivity contribution in [2.45, 2.75) is 52.9 Å². The van der Waals surface area contributed by atoms with Crippen LogP contribution in [-0.2, 0) is 21.4 Å². The summed E-state index contributed by atoms with van der Waals surface area (Å²) in [5.74, 6) is 1.03. The van der Waals surface area contributed by atoms with Crippen LogP contribution in [0.25, 0.3) is 0 Å². The molecule has 0 radical (unpaired) electrons. The summed E-state index contributed by atoms with van der Waals surface area (Å²) < 4.78 is 5.63. The highest BCUT2D eigenvalue weighted by Crippen LogP contribution is 2.31. The first-order valence-electron chi connectivity index (χ1n) is 10.6. The Morgan fingerprint density at radius 2 is 1.80 bits per heavy atom. The molecule has 30 heavy (non-hydrogen) atoms. The molecule has 0 spiro atoms. The number of carbonyl (C=O) groups excluding carboxylic acids is 2. The zero-order valence-corrected chi connectivity index (χ0v) is 18.6. The summed E-state index contributed by atoms with van der Waals surface area (Å²) in [5.41, 5.74) is 4.07. The van der Waals surface area contributed by atoms with Gasteiger partial charge in [0.1, 0.15) is 5.75 Å². The molecule has 0 atom stereocenters. The molecule has 0 aliphatic carbocycles. The Kier molecular flexibility index (Phi) is 6.49. The average Bonchev–Trinajstić information content (AvgIpc) is 2.68. The SMILES string of the molecule is CC(C)CN1C(=O)CCc2cc(NC(=O)COc3ccc(C(C)(C)C)cc3)ccc21. The molecule has 0 aromatic heterocycles. The monoisotopic (exact) mass is 408 g/mol. The number of hydrogen-bond acceptors (Lipinski definition) is 3. The van der Waals surface area contributed by atoms with Gasteiger partial charge < -0.3 is 15.0 Å². The Hall–Kier alpha value is -2.82. The van der Waals surface area contributed by atoms with Crippen LogP contribution in [0.3, 0.4) is 0 Å². The molecule has 2 amide bonds. The third-order valence-corrected chi connectivity index (χ3v) is 5.20. The van der Waals surface area contributed by atoms with Crippen LogP contribution >= 0.6 is 0 Å². The van der Waals surface area contributed by atoms with E-state index in [1.807, 2.05) is 47.4 Å². The first kappa shape index (κ1) is 21.9. The van der Waals surface area contributed by atoms with E-state index in [9.17, 15) is 9.59 Å². The van der Waals surface area contributed by atoms with Gasteiger partial charge in [0.2, 0.25) is 5.91 Å². The summed E-state index contributed by atoms with van der Waals surface area (Å²) in [7, 11) is 0. The Bertz CT molecular complexity index is 911. The molecule has 160 valence electrons. The van der Waals surface area contributed by atoms with Crippen molar-refractivity contribution in [2.75, 3.05) is 23.4 Å². The standard InChI is InChI=1S/C25H32N2O3/c1-17(2)15-27-22-12-9-20(14-18(22)6-13-24(27)29)26-23(28)16-30-21-10-7-19(8-11-21)25(3,4)5/h7-12,14,17H,6,13,15-16H2,1-5H3,(H,26,28). The van der Waals surface area contributed by atoms with Crippen LogP contribution in [0.15, 0.2) is 42.5 Å². The van der Waals surface area contributed by atoms with E-state index < -0.39 is 0 Å². The van der Waals surface area contributed by atoms with E-state index in [2.05, 4.69) is 39.9 Å². The summed E-state index contributed by atoms with van der Waals surface area (Å²) in [5, 5.41) is 2.90. The molecule has 5 heteroatoms. The van der Waals surface area contributed by atoms with E-state index in [1.165, 1.54) is 5.56 Å². The van der Waals surface area contributed by atoms with Crippen LogP contribution in [0.5, 0.6) is 5.75 Å². The fourth-order valence-electron chi connectivity index (χ4n) is 3.60. The number of nitrogens with zero attached hydrogens (tertiary/aromatic N) is 1. The lowest BCUT2D eigenvalue weighted by Gasteiger charge is -2.31. The van der Waals surface area contributed by atoms with Crippen molar-refractivity contribution < 1.29 is 14.3 Å². The number of anilines is 2. The Balaban J connectivity index is 1.60. The first-order valence-corrected chi connectivity index (χ1v) is 10.6. The average molecular weight is 409 g/mol. The minimum absolute atomic E-state index is 0.0517. The van der Waals surface area contributed by atoms with Crippen LogP contribution < -0.4 is 15.0 Å². The molecule has 2 aromatic carbocycles. The maximum Gasteiger partial charge on any atom is 0.262 e. The van der Waals surface area contributed by atoms with Gasteiger partial charge >= 0.3 is 0 Å². The Morgan fingerprint density at radius 1 is 1.10 bits per heavy atom. The van der Waals surface area contributed by atoms with Crippen molar-refractivity contribution in [3.8, 4) is 5.75 Å². The molecule has 1 N–H and O–H groups in total.